The van der Waals surface area contributed by atoms with Crippen molar-refractivity contribution in [3.8, 4) is 57.1 Å². The Bertz CT molecular complexity index is 1420. The molecule has 0 aliphatic carbocycles. The predicted octanol–water partition coefficient (Wildman–Crippen LogP) is 0.723. The number of aliphatic hydroxyl groups is 3. The molecule has 3 aromatic rings. The van der Waals surface area contributed by atoms with Crippen molar-refractivity contribution in [2.45, 2.75) is 12.0 Å². The normalized spacial score (nSPS) is 12.3. The number of hydrogen-bond donors (Lipinski definition) is 14. The lowest BCUT2D eigenvalue weighted by atomic mass is 9.98. The second-order valence-corrected chi connectivity index (χ2v) is 8.60. The molecule has 0 saturated heterocycles. The van der Waals surface area contributed by atoms with Crippen LogP contribution in [0, 0.1) is 0 Å². The molecule has 1 atom stereocenters. The Morgan fingerprint density at radius 3 is 2.08 bits per heavy atom. The van der Waals surface area contributed by atoms with E-state index in [4.69, 9.17) is 11.6 Å². The minimum atomic E-state index is -2.76. The Hall–Kier alpha value is -4.54. The van der Waals surface area contributed by atoms with E-state index >= 15 is 0 Å². The van der Waals surface area contributed by atoms with Crippen LogP contribution in [0.25, 0.3) is 11.1 Å². The van der Waals surface area contributed by atoms with Crippen LogP contribution in [0.5, 0.6) is 46.0 Å². The summed E-state index contributed by atoms with van der Waals surface area (Å²) in [5, 5.41) is 123. The van der Waals surface area contributed by atoms with Crippen LogP contribution in [0.4, 0.5) is 5.69 Å². The van der Waals surface area contributed by atoms with Crippen LogP contribution in [0.1, 0.15) is 22.0 Å². The molecule has 3 aromatic carbocycles. The summed E-state index contributed by atoms with van der Waals surface area (Å²) in [7, 11) is 0. The number of carboxylic acid groups (broad SMARTS) is 1. The summed E-state index contributed by atoms with van der Waals surface area (Å²) in [6, 6.07) is 5.29. The molecule has 0 fully saturated rings. The number of aliphatic hydroxyl groups excluding tert-OH is 1. The fourth-order valence-electron chi connectivity index (χ4n) is 3.61. The van der Waals surface area contributed by atoms with Crippen molar-refractivity contribution in [1.29, 1.82) is 0 Å². The van der Waals surface area contributed by atoms with Gasteiger partial charge in [-0.3, -0.25) is 5.32 Å². The van der Waals surface area contributed by atoms with Gasteiger partial charge < -0.3 is 66.6 Å². The molecule has 0 aliphatic rings. The molecule has 0 aromatic heterocycles. The van der Waals surface area contributed by atoms with Gasteiger partial charge in [0.25, 0.3) is 0 Å². The first kappa shape index (κ1) is 29.0. The minimum absolute atomic E-state index is 0.0485. The zero-order chi connectivity index (χ0) is 29.4. The van der Waals surface area contributed by atoms with Crippen LogP contribution in [0.3, 0.4) is 0 Å². The predicted molar refractivity (Wildman–Crippen MR) is 132 cm³/mol. The van der Waals surface area contributed by atoms with Gasteiger partial charge >= 0.3 is 5.97 Å². The number of hydrogen-bond acceptors (Lipinski definition) is 14. The summed E-state index contributed by atoms with van der Waals surface area (Å²) >= 11 is 5.63. The molecule has 15 nitrogen and oxygen atoms in total. The van der Waals surface area contributed by atoms with E-state index in [0.29, 0.717) is 0 Å². The standard InChI is InChI=1S/C23H23ClN2O13/c24-13-15(29)11(17(31)21(35)19(13)33)9(27)5-26-23(38,39)6-25-8-3-1-2-7(4-8)10-14(28)12(22(36)37)18(32)20(34)16(10)30/h1-4,9,25-35,38-39H,5-6H2,(H,36,37). The molecule has 210 valence electrons. The highest BCUT2D eigenvalue weighted by molar-refractivity contribution is 6.34. The fraction of sp³-hybridized carbons (Fsp3) is 0.174. The number of aromatic hydroxyl groups is 8. The van der Waals surface area contributed by atoms with Gasteiger partial charge in [0, 0.05) is 12.2 Å². The number of anilines is 1. The number of rotatable bonds is 9. The van der Waals surface area contributed by atoms with E-state index < -0.39 is 98.8 Å². The first-order valence-corrected chi connectivity index (χ1v) is 11.1. The van der Waals surface area contributed by atoms with Crippen LogP contribution >= 0.6 is 11.6 Å². The average Bonchev–Trinajstić information content (AvgIpc) is 2.87. The molecule has 16 heteroatoms. The van der Waals surface area contributed by atoms with Gasteiger partial charge in [0.05, 0.1) is 23.8 Å². The van der Waals surface area contributed by atoms with Crippen molar-refractivity contribution in [3.63, 3.8) is 0 Å². The summed E-state index contributed by atoms with van der Waals surface area (Å²) in [5.74, 6) is -13.3. The Kier molecular flexibility index (Phi) is 7.95. The molecule has 3 rings (SSSR count). The number of phenols is 8. The summed E-state index contributed by atoms with van der Waals surface area (Å²) in [4.78, 5) is 11.4. The summed E-state index contributed by atoms with van der Waals surface area (Å²) in [5.41, 5.74) is -2.24. The number of phenolic OH excluding ortho intramolecular Hbond substituents is 6. The van der Waals surface area contributed by atoms with E-state index in [0.717, 1.165) is 0 Å². The summed E-state index contributed by atoms with van der Waals surface area (Å²) in [6.07, 6.45) is -1.87. The van der Waals surface area contributed by atoms with Gasteiger partial charge in [-0.2, -0.15) is 0 Å². The molecule has 0 bridgehead atoms. The second kappa shape index (κ2) is 10.7. The Morgan fingerprint density at radius 1 is 0.846 bits per heavy atom. The molecule has 0 heterocycles. The second-order valence-electron chi connectivity index (χ2n) is 8.22. The fourth-order valence-corrected chi connectivity index (χ4v) is 3.80. The summed E-state index contributed by atoms with van der Waals surface area (Å²) < 4.78 is 0. The lowest BCUT2D eigenvalue weighted by molar-refractivity contribution is -0.176. The maximum Gasteiger partial charge on any atom is 0.343 e. The van der Waals surface area contributed by atoms with Crippen LogP contribution in [0.2, 0.25) is 5.02 Å². The number of carboxylic acids is 1. The SMILES string of the molecule is O=C(O)c1c(O)c(O)c(O)c(-c2cccc(NCC(O)(O)NCC(O)c3c(O)c(O)c(O)c(Cl)c3O)c2)c1O. The molecular formula is C23H23ClN2O13. The molecule has 0 amide bonds. The van der Waals surface area contributed by atoms with Gasteiger partial charge in [-0.15, -0.1) is 0 Å². The summed E-state index contributed by atoms with van der Waals surface area (Å²) in [6.45, 7) is -1.43. The van der Waals surface area contributed by atoms with Crippen molar-refractivity contribution in [2.24, 2.45) is 0 Å². The van der Waals surface area contributed by atoms with Crippen molar-refractivity contribution in [3.05, 3.63) is 40.4 Å². The highest BCUT2D eigenvalue weighted by atomic mass is 35.5. The third-order valence-electron chi connectivity index (χ3n) is 5.59. The van der Waals surface area contributed by atoms with Crippen LogP contribution in [-0.2, 0) is 0 Å². The lowest BCUT2D eigenvalue weighted by Gasteiger charge is -2.26. The van der Waals surface area contributed by atoms with Gasteiger partial charge in [0.2, 0.25) is 17.4 Å². The zero-order valence-corrected chi connectivity index (χ0v) is 20.2. The molecule has 0 saturated carbocycles. The van der Waals surface area contributed by atoms with E-state index in [9.17, 15) is 66.1 Å². The molecular weight excluding hydrogens is 548 g/mol. The van der Waals surface area contributed by atoms with E-state index in [2.05, 4.69) is 10.6 Å². The van der Waals surface area contributed by atoms with Gasteiger partial charge in [0.1, 0.15) is 22.1 Å². The largest absolute Gasteiger partial charge is 0.506 e. The first-order valence-electron chi connectivity index (χ1n) is 10.7. The Balaban J connectivity index is 1.78. The monoisotopic (exact) mass is 570 g/mol. The number of carbonyl (C=O) groups is 1. The highest BCUT2D eigenvalue weighted by Crippen LogP contribution is 2.52. The maximum atomic E-state index is 11.4. The molecule has 0 aliphatic heterocycles. The van der Waals surface area contributed by atoms with Gasteiger partial charge in [-0.1, -0.05) is 23.7 Å². The van der Waals surface area contributed by atoms with Crippen LogP contribution < -0.4 is 10.6 Å². The number of halogens is 1. The average molecular weight is 571 g/mol. The van der Waals surface area contributed by atoms with Crippen molar-refractivity contribution in [2.75, 3.05) is 18.4 Å². The molecule has 39 heavy (non-hydrogen) atoms. The van der Waals surface area contributed by atoms with Gasteiger partial charge in [0.15, 0.2) is 23.0 Å². The third kappa shape index (κ3) is 5.52. The van der Waals surface area contributed by atoms with Gasteiger partial charge in [-0.05, 0) is 17.7 Å². The van der Waals surface area contributed by atoms with Crippen molar-refractivity contribution < 1.29 is 66.1 Å². The Morgan fingerprint density at radius 2 is 1.46 bits per heavy atom. The molecule has 0 spiro atoms. The highest BCUT2D eigenvalue weighted by Gasteiger charge is 2.31. The van der Waals surface area contributed by atoms with Crippen molar-refractivity contribution in [1.82, 2.24) is 5.32 Å². The zero-order valence-electron chi connectivity index (χ0n) is 19.5. The van der Waals surface area contributed by atoms with Crippen molar-refractivity contribution >= 4 is 23.3 Å². The first-order chi connectivity index (χ1) is 18.1. The third-order valence-corrected chi connectivity index (χ3v) is 5.94. The quantitative estimate of drug-likeness (QED) is 0.0957. The van der Waals surface area contributed by atoms with E-state index in [1.54, 1.807) is 0 Å². The number of nitrogens with one attached hydrogen (secondary N) is 2. The topological polar surface area (TPSA) is 284 Å². The molecule has 1 unspecified atom stereocenters. The molecule has 14 N–H and O–H groups in total. The van der Waals surface area contributed by atoms with Gasteiger partial charge in [-0.25, -0.2) is 4.79 Å². The minimum Gasteiger partial charge on any atom is -0.506 e. The van der Waals surface area contributed by atoms with E-state index in [1.165, 1.54) is 24.3 Å². The Labute approximate surface area is 222 Å². The smallest absolute Gasteiger partial charge is 0.343 e. The number of benzene rings is 3. The molecule has 0 radical (unpaired) electrons. The maximum absolute atomic E-state index is 11.4. The van der Waals surface area contributed by atoms with Crippen LogP contribution in [0.15, 0.2) is 24.3 Å². The van der Waals surface area contributed by atoms with E-state index in [-0.39, 0.29) is 11.3 Å². The van der Waals surface area contributed by atoms with E-state index in [1.807, 2.05) is 0 Å². The lowest BCUT2D eigenvalue weighted by Crippen LogP contribution is -2.51. The van der Waals surface area contributed by atoms with Crippen LogP contribution in [-0.4, -0.2) is 86.2 Å². The number of aromatic carboxylic acids is 1.